The van der Waals surface area contributed by atoms with E-state index in [1.54, 1.807) is 0 Å². The number of carbonyl (C=O) groups excluding carboxylic acids is 3. The largest absolute Gasteiger partial charge is 1.00 e. The predicted octanol–water partition coefficient (Wildman–Crippen LogP) is -13.1. The number of nitrogens with one attached hydrogen (secondary N) is 4. The van der Waals surface area contributed by atoms with Crippen molar-refractivity contribution in [1.29, 1.82) is 0 Å². The number of carbonyl (C=O) groups is 3. The van der Waals surface area contributed by atoms with Crippen molar-refractivity contribution in [1.82, 2.24) is 0 Å². The molecule has 2 aliphatic rings. The quantitative estimate of drug-likeness (QED) is 0.0302. The Morgan fingerprint density at radius 2 is 0.670 bits per heavy atom. The first-order valence-corrected chi connectivity index (χ1v) is 30.2. The van der Waals surface area contributed by atoms with E-state index in [0.717, 1.165) is 109 Å². The number of allylic oxidation sites excluding steroid dienone is 2. The molecule has 4 N–H and O–H groups in total. The van der Waals surface area contributed by atoms with Crippen LogP contribution in [0.4, 0.5) is 50.3 Å². The summed E-state index contributed by atoms with van der Waals surface area (Å²) < 4.78 is 216. The fourth-order valence-corrected chi connectivity index (χ4v) is 10.8. The minimum Gasteiger partial charge on any atom is -0.744 e. The summed E-state index contributed by atoms with van der Waals surface area (Å²) in [6.07, 6.45) is 1.41. The van der Waals surface area contributed by atoms with Crippen LogP contribution in [0.5, 0.6) is 0 Å². The Balaban J connectivity index is 0.00000440. The second kappa shape index (κ2) is 32.2. The molecular weight excluding hydrogens is 1350 g/mol. The van der Waals surface area contributed by atoms with Crippen molar-refractivity contribution < 1.29 is 270 Å². The van der Waals surface area contributed by atoms with Crippen LogP contribution in [0.2, 0.25) is 0 Å². The second-order valence-corrected chi connectivity index (χ2v) is 24.6. The van der Waals surface area contributed by atoms with Gasteiger partial charge < -0.3 is 38.0 Å². The number of rotatable bonds is 16. The van der Waals surface area contributed by atoms with Gasteiger partial charge in [0.2, 0.25) is 11.6 Å². The predicted molar refractivity (Wildman–Crippen MR) is 278 cm³/mol. The number of hydrogen-bond donors (Lipinski definition) is 4. The van der Waals surface area contributed by atoms with E-state index in [2.05, 4.69) is 52.1 Å². The monoisotopic (exact) mass is 1370 g/mol. The summed E-state index contributed by atoms with van der Waals surface area (Å²) in [6, 6.07) is 19.1. The minimum absolute atomic E-state index is 0. The first-order chi connectivity index (χ1) is 38.1. The molecule has 0 fully saturated rings. The Bertz CT molecular complexity index is 4400. The van der Waals surface area contributed by atoms with Gasteiger partial charge >= 0.3 is 183 Å². The molecule has 6 aromatic rings. The summed E-state index contributed by atoms with van der Waals surface area (Å²) in [4.78, 5) is 34.8. The number of ketones is 2. The van der Waals surface area contributed by atoms with Gasteiger partial charge in [-0.25, -0.2) is 55.3 Å². The number of nitrogens with zero attached hydrogens (tertiary/aromatic N) is 6. The minimum atomic E-state index is -5.58. The third kappa shape index (κ3) is 20.5. The molecule has 0 saturated heterocycles. The molecule has 0 heterocycles. The Morgan fingerprint density at radius 3 is 0.966 bits per heavy atom. The van der Waals surface area contributed by atoms with E-state index in [9.17, 15) is 92.2 Å². The zero-order chi connectivity index (χ0) is 59.9. The number of urea groups is 1. The number of Topliss-reactive ketones (excluding diaryl/α,β-unsaturated/α-hetero) is 2. The van der Waals surface area contributed by atoms with E-state index >= 15 is 0 Å². The van der Waals surface area contributed by atoms with Crippen molar-refractivity contribution in [2.24, 2.45) is 30.7 Å². The number of azo groups is 2. The molecule has 88 heavy (non-hydrogen) atoms. The van der Waals surface area contributed by atoms with E-state index in [0.29, 0.717) is 24.3 Å². The van der Waals surface area contributed by atoms with Gasteiger partial charge in [-0.2, -0.15) is 30.7 Å². The van der Waals surface area contributed by atoms with E-state index in [1.165, 1.54) is 0 Å². The third-order valence-electron chi connectivity index (χ3n) is 11.0. The van der Waals surface area contributed by atoms with Crippen molar-refractivity contribution >= 4 is 147 Å². The number of hydrazone groups is 2. The molecule has 0 spiro atoms. The van der Waals surface area contributed by atoms with E-state index < -0.39 is 130 Å². The fraction of sp³-hybridized carbons (Fsp3) is 0. The van der Waals surface area contributed by atoms with Gasteiger partial charge in [0.1, 0.15) is 72.1 Å². The third-order valence-corrected chi connectivity index (χ3v) is 16.1. The van der Waals surface area contributed by atoms with Crippen molar-refractivity contribution in [2.45, 2.75) is 19.6 Å². The summed E-state index contributed by atoms with van der Waals surface area (Å²) in [5, 5.41) is 27.1. The van der Waals surface area contributed by atoms with Crippen LogP contribution < -0.4 is 199 Å². The van der Waals surface area contributed by atoms with E-state index in [1.807, 2.05) is 0 Å². The van der Waals surface area contributed by atoms with Gasteiger partial charge in [0.25, 0.3) is 0 Å². The number of amides is 2. The Hall–Kier alpha value is -2.99. The Morgan fingerprint density at radius 1 is 0.364 bits per heavy atom. The van der Waals surface area contributed by atoms with Crippen molar-refractivity contribution in [3.05, 3.63) is 153 Å². The fourth-order valence-electron chi connectivity index (χ4n) is 7.28. The van der Waals surface area contributed by atoms with Crippen LogP contribution >= 0.6 is 0 Å². The molecule has 0 atom stereocenters. The molecule has 31 nitrogen and oxygen atoms in total. The molecule has 0 radical (unpaired) electrons. The molecule has 0 aromatic heterocycles. The molecular formula is C45H26N10Na6O21S6. The van der Waals surface area contributed by atoms with Gasteiger partial charge in [-0.15, -0.1) is 0 Å². The van der Waals surface area contributed by atoms with E-state index in [-0.39, 0.29) is 234 Å². The topological polar surface area (TPSA) is 517 Å². The molecule has 0 saturated carbocycles. The average molecular weight is 1370 g/mol. The van der Waals surface area contributed by atoms with Crippen LogP contribution in [0.3, 0.4) is 0 Å². The van der Waals surface area contributed by atoms with Gasteiger partial charge in [0.15, 0.2) is 0 Å². The normalized spacial score (nSPS) is 14.2. The van der Waals surface area contributed by atoms with Gasteiger partial charge in [0.05, 0.1) is 63.5 Å². The summed E-state index contributed by atoms with van der Waals surface area (Å²) >= 11 is 0. The van der Waals surface area contributed by atoms with Gasteiger partial charge in [-0.05, 0) is 145 Å². The maximum atomic E-state index is 13.7. The van der Waals surface area contributed by atoms with Crippen LogP contribution in [0.25, 0.3) is 12.2 Å². The average Bonchev–Trinajstić information content (AvgIpc) is 3.51. The maximum absolute atomic E-state index is 13.7. The summed E-state index contributed by atoms with van der Waals surface area (Å²) in [7, 11) is -31.5. The zero-order valence-electron chi connectivity index (χ0n) is 45.9. The SMILES string of the molecule is O=C(Nc1ccc2c(c1)C=C(S(=O)(=O)[O-])/C(=N\Nc1ccc(N=Nc3ccc(S(=O)(=O)[O-])cc3)cc1S(=O)(=O)[O-])C2=O)Nc1ccc2c(c1)C=C(S(=O)(=O)[O-])/C(=N/Nc1ccc(N=Nc3ccc(S(=O)(=O)[O-])cc3)cc1S(=O)(=O)[O-])C2=O.[Na+].[Na+].[Na+].[Na+].[Na+].[Na+]. The Kier molecular flexibility index (Phi) is 29.7. The zero-order valence-corrected chi connectivity index (χ0v) is 62.8. The van der Waals surface area contributed by atoms with Crippen LogP contribution in [0.1, 0.15) is 31.8 Å². The number of anilines is 4. The van der Waals surface area contributed by atoms with Crippen LogP contribution in [0, 0.1) is 0 Å². The summed E-state index contributed by atoms with van der Waals surface area (Å²) in [5.74, 6) is -2.44. The number of fused-ring (bicyclic) bond motifs is 2. The smallest absolute Gasteiger partial charge is 0.744 e. The summed E-state index contributed by atoms with van der Waals surface area (Å²) in [5.41, 5.74) is -1.15. The molecule has 424 valence electrons. The molecule has 43 heteroatoms. The number of hydrogen-bond acceptors (Lipinski definition) is 29. The van der Waals surface area contributed by atoms with Crippen molar-refractivity contribution in [3.63, 3.8) is 0 Å². The van der Waals surface area contributed by atoms with E-state index in [4.69, 9.17) is 0 Å². The molecule has 2 amide bonds. The Labute approximate surface area is 632 Å². The standard InChI is InChI=1S/C45H32N10O21S6.6Na/c56-43-33-13-5-27(17-23(33)19-39(81(71,72)73)41(43)54-52-35-15-7-29(21-37(35)79(65,66)67)50-48-25-1-9-31(10-2-25)77(59,60)61)46-45(58)47-28-6-14-34-24(18-28)20-40(82(74,75)76)42(44(34)57)55-53-36-16-8-30(22-38(36)80(68,69)70)51-49-26-3-11-32(12-4-26)78(62,63)64;;;;;;/h1-22,52-53H,(H2,46,47,58)(H,59,60,61)(H,62,63,64)(H,65,66,67)(H,68,69,70)(H,71,72,73)(H,74,75,76);;;;;;/q;6*+1/p-6/b50-48?,51-49?,54-41-,55-42+;;;;;;. The van der Waals surface area contributed by atoms with Crippen LogP contribution in [0.15, 0.2) is 181 Å². The van der Waals surface area contributed by atoms with Gasteiger partial charge in [-0.1, -0.05) is 0 Å². The molecule has 6 aromatic carbocycles. The van der Waals surface area contributed by atoms with Crippen LogP contribution in [-0.4, -0.2) is 107 Å². The first kappa shape index (κ1) is 81.1. The van der Waals surface area contributed by atoms with Crippen molar-refractivity contribution in [2.75, 3.05) is 21.5 Å². The molecule has 2 aliphatic carbocycles. The molecule has 0 unspecified atom stereocenters. The number of benzene rings is 6. The second-order valence-electron chi connectivity index (χ2n) is 16.5. The van der Waals surface area contributed by atoms with Gasteiger partial charge in [0, 0.05) is 22.5 Å². The van der Waals surface area contributed by atoms with Crippen molar-refractivity contribution in [3.8, 4) is 0 Å². The molecule has 0 aliphatic heterocycles. The maximum Gasteiger partial charge on any atom is 1.00 e. The molecule has 0 bridgehead atoms. The molecule has 8 rings (SSSR count). The van der Waals surface area contributed by atoms with Gasteiger partial charge in [-0.3, -0.25) is 20.4 Å². The first-order valence-electron chi connectivity index (χ1n) is 21.8. The summed E-state index contributed by atoms with van der Waals surface area (Å²) in [6.45, 7) is 0. The van der Waals surface area contributed by atoms with Crippen LogP contribution in [-0.2, 0) is 60.7 Å².